The fourth-order valence-electron chi connectivity index (χ4n) is 1.31. The first-order valence-corrected chi connectivity index (χ1v) is 6.06. The molecule has 1 N–H and O–H groups in total. The van der Waals surface area contributed by atoms with E-state index in [1.54, 1.807) is 25.3 Å². The molecule has 7 heteroatoms. The van der Waals surface area contributed by atoms with E-state index in [9.17, 15) is 4.39 Å². The van der Waals surface area contributed by atoms with E-state index in [1.807, 2.05) is 0 Å². The molecule has 0 amide bonds. The molecule has 0 bridgehead atoms. The zero-order valence-electron chi connectivity index (χ0n) is 9.25. The van der Waals surface area contributed by atoms with Crippen molar-refractivity contribution in [3.8, 4) is 5.75 Å². The molecule has 1 heterocycles. The molecule has 2 aromatic rings. The largest absolute Gasteiger partial charge is 0.495 e. The van der Waals surface area contributed by atoms with Crippen molar-refractivity contribution in [3.05, 3.63) is 40.0 Å². The maximum atomic E-state index is 13.4. The highest BCUT2D eigenvalue weighted by Gasteiger charge is 2.08. The molecule has 18 heavy (non-hydrogen) atoms. The molecule has 0 atom stereocenters. The van der Waals surface area contributed by atoms with Gasteiger partial charge in [0.15, 0.2) is 11.6 Å². The number of halogens is 3. The summed E-state index contributed by atoms with van der Waals surface area (Å²) in [5.41, 5.74) is 0.628. The van der Waals surface area contributed by atoms with Crippen molar-refractivity contribution in [1.29, 1.82) is 0 Å². The number of hydrogen-bond donors (Lipinski definition) is 1. The van der Waals surface area contributed by atoms with Gasteiger partial charge in [-0.25, -0.2) is 9.37 Å². The third-order valence-electron chi connectivity index (χ3n) is 2.13. The summed E-state index contributed by atoms with van der Waals surface area (Å²) in [7, 11) is 1.55. The Labute approximate surface area is 116 Å². The molecule has 0 aliphatic heterocycles. The first kappa shape index (κ1) is 13.0. The van der Waals surface area contributed by atoms with E-state index < -0.39 is 5.82 Å². The summed E-state index contributed by atoms with van der Waals surface area (Å²) in [6, 6.07) is 5.24. The Hall–Kier alpha value is -1.40. The molecule has 0 radical (unpaired) electrons. The van der Waals surface area contributed by atoms with Gasteiger partial charge in [-0.05, 0) is 39.7 Å². The summed E-state index contributed by atoms with van der Waals surface area (Å²) >= 11 is 8.93. The van der Waals surface area contributed by atoms with Crippen LogP contribution in [0.4, 0.5) is 15.9 Å². The predicted molar refractivity (Wildman–Crippen MR) is 71.0 cm³/mol. The van der Waals surface area contributed by atoms with Crippen LogP contribution in [0.25, 0.3) is 0 Å². The van der Waals surface area contributed by atoms with E-state index in [1.165, 1.54) is 0 Å². The van der Waals surface area contributed by atoms with Gasteiger partial charge in [0.2, 0.25) is 5.28 Å². The van der Waals surface area contributed by atoms with Gasteiger partial charge in [0.25, 0.3) is 0 Å². The van der Waals surface area contributed by atoms with E-state index in [2.05, 4.69) is 31.2 Å². The quantitative estimate of drug-likeness (QED) is 0.869. The van der Waals surface area contributed by atoms with Gasteiger partial charge in [0.05, 0.1) is 17.8 Å². The van der Waals surface area contributed by atoms with Crippen LogP contribution in [0.3, 0.4) is 0 Å². The van der Waals surface area contributed by atoms with Crippen LogP contribution in [0.1, 0.15) is 0 Å². The molecule has 94 valence electrons. The minimum absolute atomic E-state index is 0.0133. The van der Waals surface area contributed by atoms with Crippen LogP contribution in [0.15, 0.2) is 28.9 Å². The van der Waals surface area contributed by atoms with Gasteiger partial charge in [-0.15, -0.1) is 0 Å². The second-order valence-corrected chi connectivity index (χ2v) is 4.50. The lowest BCUT2D eigenvalue weighted by Gasteiger charge is -2.09. The highest BCUT2D eigenvalue weighted by atomic mass is 79.9. The van der Waals surface area contributed by atoms with Crippen LogP contribution in [0.5, 0.6) is 5.75 Å². The first-order chi connectivity index (χ1) is 8.60. The van der Waals surface area contributed by atoms with E-state index >= 15 is 0 Å². The average Bonchev–Trinajstić information content (AvgIpc) is 2.36. The molecule has 0 aliphatic rings. The number of methoxy groups -OCH3 is 1. The summed E-state index contributed by atoms with van der Waals surface area (Å²) in [6.07, 6.45) is 1.01. The monoisotopic (exact) mass is 331 g/mol. The number of rotatable bonds is 3. The fraction of sp³-hybridized carbons (Fsp3) is 0.0909. The Bertz CT molecular complexity index is 582. The zero-order chi connectivity index (χ0) is 13.1. The van der Waals surface area contributed by atoms with Crippen molar-refractivity contribution >= 4 is 39.0 Å². The topological polar surface area (TPSA) is 47.0 Å². The molecule has 0 spiro atoms. The lowest BCUT2D eigenvalue weighted by Crippen LogP contribution is -1.99. The Kier molecular flexibility index (Phi) is 3.98. The molecule has 0 saturated carbocycles. The molecule has 0 saturated heterocycles. The lowest BCUT2D eigenvalue weighted by molar-refractivity contribution is 0.412. The number of aromatic nitrogens is 2. The molecule has 0 fully saturated rings. The summed E-state index contributed by atoms with van der Waals surface area (Å²) in [5.74, 6) is 0.0567. The maximum absolute atomic E-state index is 13.4. The van der Waals surface area contributed by atoms with Gasteiger partial charge in [-0.2, -0.15) is 4.98 Å². The molecule has 1 aromatic carbocycles. The van der Waals surface area contributed by atoms with Crippen molar-refractivity contribution < 1.29 is 9.13 Å². The van der Waals surface area contributed by atoms with Crippen molar-refractivity contribution in [2.45, 2.75) is 0 Å². The fourth-order valence-corrected chi connectivity index (χ4v) is 1.85. The van der Waals surface area contributed by atoms with E-state index in [4.69, 9.17) is 16.3 Å². The number of benzene rings is 1. The van der Waals surface area contributed by atoms with Crippen molar-refractivity contribution in [2.75, 3.05) is 12.4 Å². The number of hydrogen-bond acceptors (Lipinski definition) is 4. The van der Waals surface area contributed by atoms with Gasteiger partial charge in [0, 0.05) is 11.8 Å². The highest BCUT2D eigenvalue weighted by Crippen LogP contribution is 2.29. The standard InChI is InChI=1S/C11H8BrClFN3O/c1-18-9-4-6(2-3-7(9)12)16-10-8(14)5-15-11(13)17-10/h2-5H,1H3,(H,15,16,17). The van der Waals surface area contributed by atoms with Crippen LogP contribution < -0.4 is 10.1 Å². The average molecular weight is 333 g/mol. The van der Waals surface area contributed by atoms with Crippen LogP contribution >= 0.6 is 27.5 Å². The van der Waals surface area contributed by atoms with Crippen LogP contribution in [-0.2, 0) is 0 Å². The Morgan fingerprint density at radius 3 is 2.94 bits per heavy atom. The molecular weight excluding hydrogens is 324 g/mol. The predicted octanol–water partition coefficient (Wildman–Crippen LogP) is 3.78. The summed E-state index contributed by atoms with van der Waals surface area (Å²) in [5, 5.41) is 2.78. The second-order valence-electron chi connectivity index (χ2n) is 3.31. The first-order valence-electron chi connectivity index (χ1n) is 4.89. The van der Waals surface area contributed by atoms with Crippen molar-refractivity contribution in [3.63, 3.8) is 0 Å². The van der Waals surface area contributed by atoms with Crippen LogP contribution in [-0.4, -0.2) is 17.1 Å². The smallest absolute Gasteiger partial charge is 0.224 e. The molecule has 2 rings (SSSR count). The number of nitrogens with zero attached hydrogens (tertiary/aromatic N) is 2. The normalized spacial score (nSPS) is 10.2. The summed E-state index contributed by atoms with van der Waals surface area (Å²) < 4.78 is 19.4. The van der Waals surface area contributed by atoms with Crippen molar-refractivity contribution in [2.24, 2.45) is 0 Å². The van der Waals surface area contributed by atoms with Gasteiger partial charge >= 0.3 is 0 Å². The Balaban J connectivity index is 2.31. The third-order valence-corrected chi connectivity index (χ3v) is 2.97. The minimum Gasteiger partial charge on any atom is -0.495 e. The zero-order valence-corrected chi connectivity index (χ0v) is 11.6. The number of ether oxygens (including phenoxy) is 1. The highest BCUT2D eigenvalue weighted by molar-refractivity contribution is 9.10. The SMILES string of the molecule is COc1cc(Nc2nc(Cl)ncc2F)ccc1Br. The maximum Gasteiger partial charge on any atom is 0.224 e. The van der Waals surface area contributed by atoms with E-state index in [0.29, 0.717) is 11.4 Å². The number of nitrogens with one attached hydrogen (secondary N) is 1. The van der Waals surface area contributed by atoms with Crippen LogP contribution in [0.2, 0.25) is 5.28 Å². The van der Waals surface area contributed by atoms with Gasteiger partial charge in [0.1, 0.15) is 5.75 Å². The summed E-state index contributed by atoms with van der Waals surface area (Å²) in [4.78, 5) is 7.30. The number of anilines is 2. The molecule has 0 aliphatic carbocycles. The van der Waals surface area contributed by atoms with Gasteiger partial charge in [-0.1, -0.05) is 0 Å². The van der Waals surface area contributed by atoms with Crippen LogP contribution in [0, 0.1) is 5.82 Å². The minimum atomic E-state index is -0.582. The molecule has 4 nitrogen and oxygen atoms in total. The van der Waals surface area contributed by atoms with Gasteiger partial charge in [-0.3, -0.25) is 0 Å². The lowest BCUT2D eigenvalue weighted by atomic mass is 10.3. The van der Waals surface area contributed by atoms with E-state index in [0.717, 1.165) is 10.7 Å². The molecule has 1 aromatic heterocycles. The summed E-state index contributed by atoms with van der Waals surface area (Å²) in [6.45, 7) is 0. The molecule has 0 unspecified atom stereocenters. The Morgan fingerprint density at radius 1 is 1.44 bits per heavy atom. The molecular formula is C11H8BrClFN3O. The van der Waals surface area contributed by atoms with Crippen molar-refractivity contribution in [1.82, 2.24) is 9.97 Å². The van der Waals surface area contributed by atoms with E-state index in [-0.39, 0.29) is 11.1 Å². The Morgan fingerprint density at radius 2 is 2.22 bits per heavy atom. The van der Waals surface area contributed by atoms with Gasteiger partial charge < -0.3 is 10.1 Å². The second kappa shape index (κ2) is 5.49. The third kappa shape index (κ3) is 2.88.